The monoisotopic (exact) mass is 351 g/mol. The number of nitro benzene ring substituents is 1. The Morgan fingerprint density at radius 1 is 1.20 bits per heavy atom. The third-order valence-corrected chi connectivity index (χ3v) is 4.83. The van der Waals surface area contributed by atoms with Gasteiger partial charge in [0.05, 0.1) is 17.6 Å². The van der Waals surface area contributed by atoms with E-state index < -0.39 is 4.92 Å². The van der Waals surface area contributed by atoms with Gasteiger partial charge in [0.25, 0.3) is 5.69 Å². The number of hydrogen-bond donors (Lipinski definition) is 1. The Hall–Kier alpha value is -3.37. The van der Waals surface area contributed by atoms with E-state index in [2.05, 4.69) is 6.07 Å². The SMILES string of the molecule is COc1ccccc1-c1c(-c2ccc([N+](=O)[O-])cc2)sc(N)c1C#N. The van der Waals surface area contributed by atoms with Crippen molar-refractivity contribution >= 4 is 22.0 Å². The maximum absolute atomic E-state index is 10.9. The van der Waals surface area contributed by atoms with Crippen molar-refractivity contribution in [3.8, 4) is 33.4 Å². The van der Waals surface area contributed by atoms with E-state index in [4.69, 9.17) is 10.5 Å². The molecule has 25 heavy (non-hydrogen) atoms. The van der Waals surface area contributed by atoms with Gasteiger partial charge in [-0.2, -0.15) is 5.26 Å². The third-order valence-electron chi connectivity index (χ3n) is 3.76. The lowest BCUT2D eigenvalue weighted by Crippen LogP contribution is -1.91. The van der Waals surface area contributed by atoms with Crippen LogP contribution in [-0.2, 0) is 0 Å². The molecule has 1 heterocycles. The smallest absolute Gasteiger partial charge is 0.269 e. The first kappa shape index (κ1) is 16.5. The highest BCUT2D eigenvalue weighted by molar-refractivity contribution is 7.20. The van der Waals surface area contributed by atoms with Crippen LogP contribution in [0.25, 0.3) is 21.6 Å². The molecule has 0 amide bonds. The highest BCUT2D eigenvalue weighted by Gasteiger charge is 2.22. The topological polar surface area (TPSA) is 102 Å². The molecule has 0 saturated carbocycles. The first-order valence-electron chi connectivity index (χ1n) is 7.27. The molecule has 6 nitrogen and oxygen atoms in total. The van der Waals surface area contributed by atoms with Crippen LogP contribution in [0.2, 0.25) is 0 Å². The third kappa shape index (κ3) is 2.91. The number of hydrogen-bond acceptors (Lipinski definition) is 6. The van der Waals surface area contributed by atoms with Gasteiger partial charge in [-0.3, -0.25) is 10.1 Å². The van der Waals surface area contributed by atoms with Crippen molar-refractivity contribution in [3.63, 3.8) is 0 Å². The molecular weight excluding hydrogens is 338 g/mol. The zero-order valence-electron chi connectivity index (χ0n) is 13.2. The Kier molecular flexibility index (Phi) is 4.37. The van der Waals surface area contributed by atoms with E-state index >= 15 is 0 Å². The van der Waals surface area contributed by atoms with Crippen molar-refractivity contribution in [2.45, 2.75) is 0 Å². The molecule has 0 fully saturated rings. The van der Waals surface area contributed by atoms with Gasteiger partial charge in [-0.25, -0.2) is 0 Å². The van der Waals surface area contributed by atoms with E-state index in [0.29, 0.717) is 21.9 Å². The van der Waals surface area contributed by atoms with Crippen LogP contribution in [0.15, 0.2) is 48.5 Å². The van der Waals surface area contributed by atoms with E-state index in [0.717, 1.165) is 16.0 Å². The average molecular weight is 351 g/mol. The predicted octanol–water partition coefficient (Wildman–Crippen LogP) is 4.45. The van der Waals surface area contributed by atoms with E-state index in [1.165, 1.54) is 23.5 Å². The summed E-state index contributed by atoms with van der Waals surface area (Å²) in [5.41, 5.74) is 8.61. The number of nitriles is 1. The number of para-hydroxylation sites is 1. The quantitative estimate of drug-likeness (QED) is 0.552. The van der Waals surface area contributed by atoms with Gasteiger partial charge in [0.15, 0.2) is 0 Å². The molecule has 124 valence electrons. The molecule has 3 rings (SSSR count). The number of rotatable bonds is 4. The van der Waals surface area contributed by atoms with Crippen LogP contribution in [0, 0.1) is 21.4 Å². The summed E-state index contributed by atoms with van der Waals surface area (Å²) in [7, 11) is 1.56. The average Bonchev–Trinajstić information content (AvgIpc) is 2.97. The fourth-order valence-electron chi connectivity index (χ4n) is 2.61. The summed E-state index contributed by atoms with van der Waals surface area (Å²) >= 11 is 1.28. The number of nitro groups is 1. The standard InChI is InChI=1S/C18H13N3O3S/c1-24-15-5-3-2-4-13(15)16-14(10-19)18(20)25-17(16)11-6-8-12(9-7-11)21(22)23/h2-9H,20H2,1H3. The van der Waals surface area contributed by atoms with Crippen molar-refractivity contribution in [1.82, 2.24) is 0 Å². The van der Waals surface area contributed by atoms with Gasteiger partial charge >= 0.3 is 0 Å². The molecule has 0 radical (unpaired) electrons. The van der Waals surface area contributed by atoms with E-state index in [9.17, 15) is 15.4 Å². The van der Waals surface area contributed by atoms with Gasteiger partial charge < -0.3 is 10.5 Å². The highest BCUT2D eigenvalue weighted by Crippen LogP contribution is 2.47. The van der Waals surface area contributed by atoms with Crippen molar-refractivity contribution in [2.75, 3.05) is 12.8 Å². The number of nitrogen functional groups attached to an aromatic ring is 1. The number of non-ortho nitro benzene ring substituents is 1. The van der Waals surface area contributed by atoms with Crippen LogP contribution in [0.4, 0.5) is 10.7 Å². The minimum atomic E-state index is -0.450. The molecule has 7 heteroatoms. The molecule has 0 atom stereocenters. The van der Waals surface area contributed by atoms with Crippen molar-refractivity contribution in [3.05, 3.63) is 64.2 Å². The minimum Gasteiger partial charge on any atom is -0.496 e. The number of anilines is 1. The maximum atomic E-state index is 10.9. The van der Waals surface area contributed by atoms with Gasteiger partial charge in [0.1, 0.15) is 16.8 Å². The lowest BCUT2D eigenvalue weighted by Gasteiger charge is -2.10. The molecule has 2 aromatic carbocycles. The van der Waals surface area contributed by atoms with Gasteiger partial charge in [0, 0.05) is 28.1 Å². The molecule has 0 aliphatic heterocycles. The maximum Gasteiger partial charge on any atom is 0.269 e. The van der Waals surface area contributed by atoms with Crippen LogP contribution < -0.4 is 10.5 Å². The number of thiophene rings is 1. The highest BCUT2D eigenvalue weighted by atomic mass is 32.1. The minimum absolute atomic E-state index is 0.00706. The fourth-order valence-corrected chi connectivity index (χ4v) is 3.64. The van der Waals surface area contributed by atoms with Gasteiger partial charge in [-0.1, -0.05) is 18.2 Å². The Bertz CT molecular complexity index is 988. The van der Waals surface area contributed by atoms with Crippen molar-refractivity contribution in [2.24, 2.45) is 0 Å². The van der Waals surface area contributed by atoms with Crippen LogP contribution in [-0.4, -0.2) is 12.0 Å². The summed E-state index contributed by atoms with van der Waals surface area (Å²) in [6.07, 6.45) is 0. The first-order valence-corrected chi connectivity index (χ1v) is 8.09. The summed E-state index contributed by atoms with van der Waals surface area (Å²) in [4.78, 5) is 11.2. The Balaban J connectivity index is 2.25. The molecule has 0 spiro atoms. The lowest BCUT2D eigenvalue weighted by atomic mass is 9.97. The van der Waals surface area contributed by atoms with Gasteiger partial charge in [0.2, 0.25) is 0 Å². The normalized spacial score (nSPS) is 10.2. The van der Waals surface area contributed by atoms with E-state index in [1.807, 2.05) is 24.3 Å². The van der Waals surface area contributed by atoms with Crippen LogP contribution >= 0.6 is 11.3 Å². The summed E-state index contributed by atoms with van der Waals surface area (Å²) in [6, 6.07) is 15.7. The lowest BCUT2D eigenvalue weighted by molar-refractivity contribution is -0.384. The number of nitrogens with zero attached hydrogens (tertiary/aromatic N) is 2. The zero-order valence-corrected chi connectivity index (χ0v) is 14.0. The molecular formula is C18H13N3O3S. The predicted molar refractivity (Wildman–Crippen MR) is 97.5 cm³/mol. The Morgan fingerprint density at radius 3 is 2.48 bits per heavy atom. The molecule has 0 bridgehead atoms. The van der Waals surface area contributed by atoms with Crippen LogP contribution in [0.5, 0.6) is 5.75 Å². The summed E-state index contributed by atoms with van der Waals surface area (Å²) in [5, 5.41) is 20.8. The number of nitrogens with two attached hydrogens (primary N) is 1. The van der Waals surface area contributed by atoms with Crippen LogP contribution in [0.1, 0.15) is 5.56 Å². The second kappa shape index (κ2) is 6.63. The molecule has 3 aromatic rings. The number of methoxy groups -OCH3 is 1. The summed E-state index contributed by atoms with van der Waals surface area (Å²) < 4.78 is 5.42. The summed E-state index contributed by atoms with van der Waals surface area (Å²) in [6.45, 7) is 0. The largest absolute Gasteiger partial charge is 0.496 e. The first-order chi connectivity index (χ1) is 12.1. The fraction of sp³-hybridized carbons (Fsp3) is 0.0556. The van der Waals surface area contributed by atoms with Crippen molar-refractivity contribution in [1.29, 1.82) is 5.26 Å². The van der Waals surface area contributed by atoms with Gasteiger partial charge in [-0.15, -0.1) is 11.3 Å². The second-order valence-electron chi connectivity index (χ2n) is 5.16. The number of ether oxygens (including phenoxy) is 1. The molecule has 0 aliphatic carbocycles. The summed E-state index contributed by atoms with van der Waals surface area (Å²) in [5.74, 6) is 0.625. The van der Waals surface area contributed by atoms with Crippen LogP contribution in [0.3, 0.4) is 0 Å². The van der Waals surface area contributed by atoms with E-state index in [1.54, 1.807) is 19.2 Å². The second-order valence-corrected chi connectivity index (χ2v) is 6.21. The molecule has 0 saturated heterocycles. The number of benzene rings is 2. The molecule has 0 aliphatic rings. The Labute approximate surface area is 147 Å². The Morgan fingerprint density at radius 2 is 1.88 bits per heavy atom. The molecule has 1 aromatic heterocycles. The molecule has 0 unspecified atom stereocenters. The van der Waals surface area contributed by atoms with E-state index in [-0.39, 0.29) is 5.69 Å². The zero-order chi connectivity index (χ0) is 18.0. The van der Waals surface area contributed by atoms with Gasteiger partial charge in [-0.05, 0) is 23.8 Å². The van der Waals surface area contributed by atoms with Crippen molar-refractivity contribution < 1.29 is 9.66 Å². The molecule has 2 N–H and O–H groups in total.